The molecule has 0 aliphatic carbocycles. The molecule has 0 atom stereocenters. The van der Waals surface area contributed by atoms with Gasteiger partial charge in [-0.2, -0.15) is 0 Å². The predicted octanol–water partition coefficient (Wildman–Crippen LogP) is 1.82. The summed E-state index contributed by atoms with van der Waals surface area (Å²) in [6, 6.07) is 7.93. The van der Waals surface area contributed by atoms with Crippen LogP contribution in [0.3, 0.4) is 0 Å². The molecule has 2 aromatic rings. The number of hydrogen-bond donors (Lipinski definition) is 2. The number of nitrogens with zero attached hydrogens (tertiary/aromatic N) is 1. The third-order valence-corrected chi connectivity index (χ3v) is 3.29. The molecule has 0 unspecified atom stereocenters. The van der Waals surface area contributed by atoms with Crippen molar-refractivity contribution in [3.8, 4) is 0 Å². The quantitative estimate of drug-likeness (QED) is 0.631. The lowest BCUT2D eigenvalue weighted by molar-refractivity contribution is -0.785. The average molecular weight is 297 g/mol. The summed E-state index contributed by atoms with van der Waals surface area (Å²) in [5.41, 5.74) is 1.45. The molecule has 0 saturated heterocycles. The van der Waals surface area contributed by atoms with Crippen LogP contribution in [0, 0.1) is 0 Å². The largest absolute Gasteiger partial charge is 0.431 e. The molecule has 6 heteroatoms. The molecule has 0 saturated carbocycles. The van der Waals surface area contributed by atoms with Gasteiger partial charge in [0.25, 0.3) is 0 Å². The highest BCUT2D eigenvalue weighted by Crippen LogP contribution is 2.10. The Bertz CT molecular complexity index is 619. The zero-order valence-corrected chi connectivity index (χ0v) is 12.4. The van der Waals surface area contributed by atoms with Crippen molar-refractivity contribution in [2.75, 3.05) is 6.54 Å². The fourth-order valence-corrected chi connectivity index (χ4v) is 2.22. The van der Waals surface area contributed by atoms with Crippen LogP contribution in [0.4, 0.5) is 0 Å². The van der Waals surface area contributed by atoms with Gasteiger partial charge in [0.1, 0.15) is 0 Å². The molecule has 5 nitrogen and oxygen atoms in total. The van der Waals surface area contributed by atoms with Crippen LogP contribution in [0.25, 0.3) is 0 Å². The average Bonchev–Trinajstić information content (AvgIpc) is 2.76. The van der Waals surface area contributed by atoms with Crippen molar-refractivity contribution in [2.45, 2.75) is 32.9 Å². The summed E-state index contributed by atoms with van der Waals surface area (Å²) < 4.78 is 6.54. The van der Waals surface area contributed by atoms with Crippen molar-refractivity contribution < 1.29 is 9.20 Å². The molecular weight excluding hydrogens is 278 g/mol. The Hall–Kier alpha value is -1.59. The molecule has 2 rings (SSSR count). The fraction of sp³-hybridized carbons (Fsp3) is 0.429. The van der Waals surface area contributed by atoms with E-state index in [-0.39, 0.29) is 11.7 Å². The van der Waals surface area contributed by atoms with Crippen molar-refractivity contribution in [1.29, 1.82) is 0 Å². The molecular formula is C14H19ClN3O2+. The Morgan fingerprint density at radius 1 is 1.45 bits per heavy atom. The molecule has 0 fully saturated rings. The van der Waals surface area contributed by atoms with E-state index in [9.17, 15) is 4.79 Å². The highest BCUT2D eigenvalue weighted by atomic mass is 35.5. The van der Waals surface area contributed by atoms with Gasteiger partial charge in [0.15, 0.2) is 6.04 Å². The first-order valence-corrected chi connectivity index (χ1v) is 7.03. The third kappa shape index (κ3) is 3.71. The van der Waals surface area contributed by atoms with Crippen LogP contribution in [0.1, 0.15) is 31.1 Å². The summed E-state index contributed by atoms with van der Waals surface area (Å²) in [6.07, 6.45) is 0.859. The maximum atomic E-state index is 11.6. The van der Waals surface area contributed by atoms with Gasteiger partial charge in [-0.3, -0.25) is 4.52 Å². The Labute approximate surface area is 122 Å². The van der Waals surface area contributed by atoms with Crippen molar-refractivity contribution >= 4 is 11.6 Å². The molecule has 0 bridgehead atoms. The van der Waals surface area contributed by atoms with Crippen molar-refractivity contribution in [3.05, 3.63) is 51.0 Å². The number of aromatic amines is 1. The summed E-state index contributed by atoms with van der Waals surface area (Å²) in [5.74, 6) is 0. The molecule has 108 valence electrons. The molecule has 2 N–H and O–H groups in total. The van der Waals surface area contributed by atoms with Gasteiger partial charge in [-0.05, 0) is 49.8 Å². The molecule has 0 radical (unpaired) electrons. The van der Waals surface area contributed by atoms with E-state index in [0.29, 0.717) is 12.2 Å². The normalized spacial score (nSPS) is 11.2. The smallest absolute Gasteiger partial charge is 0.307 e. The first-order chi connectivity index (χ1) is 9.58. The Balaban J connectivity index is 1.88. The number of benzene rings is 1. The molecule has 1 heterocycles. The molecule has 0 aliphatic heterocycles. The first kappa shape index (κ1) is 14.8. The minimum Gasteiger partial charge on any atom is -0.307 e. The molecule has 0 amide bonds. The highest BCUT2D eigenvalue weighted by Gasteiger charge is 2.22. The van der Waals surface area contributed by atoms with Crippen LogP contribution in [0.2, 0.25) is 5.02 Å². The number of hydrogen-bond acceptors (Lipinski definition) is 3. The van der Waals surface area contributed by atoms with Crippen LogP contribution < -0.4 is 15.6 Å². The monoisotopic (exact) mass is 296 g/mol. The van der Waals surface area contributed by atoms with Crippen molar-refractivity contribution in [3.63, 3.8) is 0 Å². The third-order valence-electron chi connectivity index (χ3n) is 3.05. The van der Waals surface area contributed by atoms with E-state index in [0.717, 1.165) is 18.0 Å². The van der Waals surface area contributed by atoms with Gasteiger partial charge in [-0.15, -0.1) is 0 Å². The lowest BCUT2D eigenvalue weighted by atomic mass is 10.1. The van der Waals surface area contributed by atoms with Gasteiger partial charge < -0.3 is 5.32 Å². The summed E-state index contributed by atoms with van der Waals surface area (Å²) >= 11 is 5.93. The van der Waals surface area contributed by atoms with Crippen LogP contribution in [-0.2, 0) is 13.0 Å². The zero-order chi connectivity index (χ0) is 14.5. The topological polar surface area (TPSA) is 61.9 Å². The van der Waals surface area contributed by atoms with Gasteiger partial charge in [0.05, 0.1) is 6.54 Å². The van der Waals surface area contributed by atoms with Crippen molar-refractivity contribution in [2.24, 2.45) is 0 Å². The Kier molecular flexibility index (Phi) is 4.98. The molecule has 0 aliphatic rings. The summed E-state index contributed by atoms with van der Waals surface area (Å²) in [5, 5.41) is 6.60. The maximum Gasteiger partial charge on any atom is 0.431 e. The van der Waals surface area contributed by atoms with E-state index in [1.54, 1.807) is 4.68 Å². The Morgan fingerprint density at radius 2 is 2.25 bits per heavy atom. The van der Waals surface area contributed by atoms with E-state index in [1.807, 2.05) is 38.1 Å². The molecule has 20 heavy (non-hydrogen) atoms. The SMILES string of the molecule is CC(C)[n+]1[nH]oc(=O)c1CNCCc1cccc(Cl)c1. The summed E-state index contributed by atoms with van der Waals surface area (Å²) in [6.45, 7) is 5.22. The minimum absolute atomic E-state index is 0.158. The number of aromatic nitrogens is 2. The van der Waals surface area contributed by atoms with Gasteiger partial charge in [0, 0.05) is 5.02 Å². The van der Waals surface area contributed by atoms with Crippen LogP contribution in [-0.4, -0.2) is 11.8 Å². The second-order valence-electron chi connectivity index (χ2n) is 4.95. The molecule has 1 aromatic heterocycles. The molecule has 1 aromatic carbocycles. The summed E-state index contributed by atoms with van der Waals surface area (Å²) in [4.78, 5) is 11.6. The maximum absolute atomic E-state index is 11.6. The molecule has 0 spiro atoms. The van der Waals surface area contributed by atoms with Crippen molar-refractivity contribution in [1.82, 2.24) is 10.6 Å². The van der Waals surface area contributed by atoms with Gasteiger partial charge >= 0.3 is 11.3 Å². The lowest BCUT2D eigenvalue weighted by Gasteiger charge is -2.03. The van der Waals surface area contributed by atoms with E-state index in [4.69, 9.17) is 16.1 Å². The number of halogens is 1. The lowest BCUT2D eigenvalue weighted by Crippen LogP contribution is -2.45. The van der Waals surface area contributed by atoms with Gasteiger partial charge in [-0.1, -0.05) is 28.4 Å². The van der Waals surface area contributed by atoms with Gasteiger partial charge in [0.2, 0.25) is 0 Å². The summed E-state index contributed by atoms with van der Waals surface area (Å²) in [7, 11) is 0. The van der Waals surface area contributed by atoms with E-state index in [2.05, 4.69) is 10.6 Å². The van der Waals surface area contributed by atoms with E-state index >= 15 is 0 Å². The van der Waals surface area contributed by atoms with Crippen LogP contribution >= 0.6 is 11.6 Å². The van der Waals surface area contributed by atoms with E-state index < -0.39 is 0 Å². The number of H-pyrrole nitrogens is 1. The second-order valence-corrected chi connectivity index (χ2v) is 5.38. The van der Waals surface area contributed by atoms with E-state index in [1.165, 1.54) is 5.56 Å². The minimum atomic E-state index is -0.325. The standard InChI is InChI=1S/C14H18ClN3O2/c1-10(2)18-13(14(19)20-17-18)9-16-7-6-11-4-3-5-12(15)8-11/h3-5,8,10,16H,6-7,9H2,1-2H3/p+1. The zero-order valence-electron chi connectivity index (χ0n) is 11.6. The number of nitrogens with one attached hydrogen (secondary N) is 2. The first-order valence-electron chi connectivity index (χ1n) is 6.65. The Morgan fingerprint density at radius 3 is 2.95 bits per heavy atom. The van der Waals surface area contributed by atoms with Crippen LogP contribution in [0.5, 0.6) is 0 Å². The van der Waals surface area contributed by atoms with Gasteiger partial charge in [-0.25, -0.2) is 4.79 Å². The second kappa shape index (κ2) is 6.72. The van der Waals surface area contributed by atoms with Crippen LogP contribution in [0.15, 0.2) is 33.6 Å². The highest BCUT2D eigenvalue weighted by molar-refractivity contribution is 6.30. The predicted molar refractivity (Wildman–Crippen MR) is 76.8 cm³/mol. The fourth-order valence-electron chi connectivity index (χ4n) is 2.01. The number of rotatable bonds is 6.